The maximum absolute atomic E-state index is 12.4. The fourth-order valence-electron chi connectivity index (χ4n) is 2.30. The van der Waals surface area contributed by atoms with Gasteiger partial charge in [0.05, 0.1) is 16.7 Å². The van der Waals surface area contributed by atoms with Gasteiger partial charge in [0.1, 0.15) is 0 Å². The number of carbonyl (C=O) groups excluding carboxylic acids is 3. The lowest BCUT2D eigenvalue weighted by Crippen LogP contribution is -2.32. The predicted octanol–water partition coefficient (Wildman–Crippen LogP) is 3.17. The van der Waals surface area contributed by atoms with Gasteiger partial charge in [0, 0.05) is 4.90 Å². The number of thioether (sulfide) groups is 1. The molecule has 0 aromatic heterocycles. The Kier molecular flexibility index (Phi) is 4.16. The molecule has 0 saturated heterocycles. The number of hydrogen-bond donors (Lipinski definition) is 0. The summed E-state index contributed by atoms with van der Waals surface area (Å²) < 4.78 is 0. The zero-order valence-electron chi connectivity index (χ0n) is 12.3. The van der Waals surface area contributed by atoms with E-state index in [9.17, 15) is 14.4 Å². The molecule has 116 valence electrons. The monoisotopic (exact) mass is 327 g/mol. The zero-order valence-corrected chi connectivity index (χ0v) is 13.1. The molecule has 6 heteroatoms. The molecule has 2 aromatic carbocycles. The first kappa shape index (κ1) is 15.3. The number of amides is 2. The summed E-state index contributed by atoms with van der Waals surface area (Å²) in [6.07, 6.45) is 0. The molecule has 0 fully saturated rings. The van der Waals surface area contributed by atoms with Crippen LogP contribution in [0.25, 0.3) is 0 Å². The van der Waals surface area contributed by atoms with Crippen LogP contribution in [-0.2, 0) is 4.84 Å². The van der Waals surface area contributed by atoms with Gasteiger partial charge in [-0.3, -0.25) is 9.59 Å². The second-order valence-corrected chi connectivity index (χ2v) is 6.06. The molecule has 0 bridgehead atoms. The summed E-state index contributed by atoms with van der Waals surface area (Å²) in [5.41, 5.74) is 0.805. The first-order valence-electron chi connectivity index (χ1n) is 7.05. The average molecular weight is 327 g/mol. The van der Waals surface area contributed by atoms with Crippen LogP contribution in [0.2, 0.25) is 0 Å². The average Bonchev–Trinajstić information content (AvgIpc) is 2.81. The van der Waals surface area contributed by atoms with E-state index in [1.165, 1.54) is 23.9 Å². The molecule has 23 heavy (non-hydrogen) atoms. The van der Waals surface area contributed by atoms with Crippen LogP contribution in [0, 0.1) is 0 Å². The summed E-state index contributed by atoms with van der Waals surface area (Å²) >= 11 is 1.49. The fourth-order valence-corrected chi connectivity index (χ4v) is 3.09. The maximum atomic E-state index is 12.4. The van der Waals surface area contributed by atoms with Gasteiger partial charge in [-0.05, 0) is 30.0 Å². The van der Waals surface area contributed by atoms with Crippen molar-refractivity contribution in [1.29, 1.82) is 0 Å². The van der Waals surface area contributed by atoms with Crippen molar-refractivity contribution < 1.29 is 19.2 Å². The quantitative estimate of drug-likeness (QED) is 0.637. The lowest BCUT2D eigenvalue weighted by Gasteiger charge is -2.14. The van der Waals surface area contributed by atoms with Crippen molar-refractivity contribution in [2.75, 3.05) is 5.75 Å². The molecule has 0 spiro atoms. The van der Waals surface area contributed by atoms with Crippen LogP contribution in [-0.4, -0.2) is 28.6 Å². The highest BCUT2D eigenvalue weighted by Crippen LogP contribution is 2.26. The Bertz CT molecular complexity index is 768. The van der Waals surface area contributed by atoms with Crippen LogP contribution < -0.4 is 0 Å². The molecular formula is C17H13NO4S. The molecule has 5 nitrogen and oxygen atoms in total. The summed E-state index contributed by atoms with van der Waals surface area (Å²) in [6.45, 7) is 1.97. The number of rotatable bonds is 4. The summed E-state index contributed by atoms with van der Waals surface area (Å²) in [5.74, 6) is -1.19. The van der Waals surface area contributed by atoms with Crippen LogP contribution in [0.4, 0.5) is 0 Å². The van der Waals surface area contributed by atoms with Crippen LogP contribution in [0.15, 0.2) is 53.4 Å². The zero-order chi connectivity index (χ0) is 16.4. The highest BCUT2D eigenvalue weighted by atomic mass is 32.2. The minimum atomic E-state index is -0.726. The van der Waals surface area contributed by atoms with Gasteiger partial charge in [0.2, 0.25) is 0 Å². The van der Waals surface area contributed by atoms with E-state index in [2.05, 4.69) is 0 Å². The molecule has 1 aliphatic heterocycles. The van der Waals surface area contributed by atoms with E-state index < -0.39 is 17.8 Å². The van der Waals surface area contributed by atoms with Gasteiger partial charge >= 0.3 is 5.97 Å². The molecule has 0 unspecified atom stereocenters. The predicted molar refractivity (Wildman–Crippen MR) is 85.2 cm³/mol. The second-order valence-electron chi connectivity index (χ2n) is 4.76. The highest BCUT2D eigenvalue weighted by molar-refractivity contribution is 7.99. The van der Waals surface area contributed by atoms with E-state index in [-0.39, 0.29) is 11.1 Å². The molecule has 0 aliphatic carbocycles. The van der Waals surface area contributed by atoms with Gasteiger partial charge in [0.25, 0.3) is 11.8 Å². The van der Waals surface area contributed by atoms with Crippen LogP contribution in [0.5, 0.6) is 0 Å². The normalized spacial score (nSPS) is 13.2. The van der Waals surface area contributed by atoms with E-state index in [1.807, 2.05) is 13.0 Å². The van der Waals surface area contributed by atoms with Crippen molar-refractivity contribution >= 4 is 29.5 Å². The van der Waals surface area contributed by atoms with Crippen molar-refractivity contribution in [2.24, 2.45) is 0 Å². The molecule has 1 heterocycles. The van der Waals surface area contributed by atoms with Crippen LogP contribution in [0.3, 0.4) is 0 Å². The lowest BCUT2D eigenvalue weighted by atomic mass is 10.1. The molecule has 0 saturated carbocycles. The van der Waals surface area contributed by atoms with E-state index >= 15 is 0 Å². The molecular weight excluding hydrogens is 314 g/mol. The van der Waals surface area contributed by atoms with E-state index in [1.54, 1.807) is 30.3 Å². The van der Waals surface area contributed by atoms with Crippen molar-refractivity contribution in [3.05, 3.63) is 65.2 Å². The van der Waals surface area contributed by atoms with Gasteiger partial charge in [-0.1, -0.05) is 36.3 Å². The Morgan fingerprint density at radius 1 is 1.00 bits per heavy atom. The molecule has 1 aliphatic rings. The van der Waals surface area contributed by atoms with Crippen molar-refractivity contribution in [3.63, 3.8) is 0 Å². The number of benzene rings is 2. The third kappa shape index (κ3) is 2.73. The van der Waals surface area contributed by atoms with Gasteiger partial charge in [-0.2, -0.15) is 0 Å². The Labute approximate surface area is 137 Å². The van der Waals surface area contributed by atoms with Crippen molar-refractivity contribution in [3.8, 4) is 0 Å². The number of carbonyl (C=O) groups is 3. The Balaban J connectivity index is 1.85. The minimum absolute atomic E-state index is 0.238. The second kappa shape index (κ2) is 6.26. The van der Waals surface area contributed by atoms with Gasteiger partial charge in [-0.25, -0.2) is 4.79 Å². The topological polar surface area (TPSA) is 63.7 Å². The lowest BCUT2D eigenvalue weighted by molar-refractivity contribution is -0.0586. The van der Waals surface area contributed by atoms with Crippen LogP contribution in [0.1, 0.15) is 38.0 Å². The van der Waals surface area contributed by atoms with Crippen LogP contribution >= 0.6 is 11.8 Å². The number of nitrogens with zero attached hydrogens (tertiary/aromatic N) is 1. The summed E-state index contributed by atoms with van der Waals surface area (Å²) in [7, 11) is 0. The summed E-state index contributed by atoms with van der Waals surface area (Å²) in [4.78, 5) is 42.6. The van der Waals surface area contributed by atoms with Gasteiger partial charge in [-0.15, -0.1) is 11.8 Å². The van der Waals surface area contributed by atoms with Gasteiger partial charge in [0.15, 0.2) is 0 Å². The molecule has 3 rings (SSSR count). The fraction of sp³-hybridized carbons (Fsp3) is 0.118. The SMILES string of the molecule is CCSc1ccccc1C(=O)ON1C(=O)c2ccccc2C1=O. The molecule has 0 radical (unpaired) electrons. The third-order valence-electron chi connectivity index (χ3n) is 3.34. The Morgan fingerprint density at radius 2 is 1.57 bits per heavy atom. The third-order valence-corrected chi connectivity index (χ3v) is 4.29. The standard InChI is InChI=1S/C17H13NO4S/c1-2-23-14-10-6-5-9-13(14)17(21)22-18-15(19)11-7-3-4-8-12(11)16(18)20/h3-10H,2H2,1H3. The number of fused-ring (bicyclic) bond motifs is 1. The molecule has 2 amide bonds. The minimum Gasteiger partial charge on any atom is -0.324 e. The number of imide groups is 1. The summed E-state index contributed by atoms with van der Waals surface area (Å²) in [6, 6.07) is 13.3. The first-order chi connectivity index (χ1) is 11.1. The first-order valence-corrected chi connectivity index (χ1v) is 8.04. The van der Waals surface area contributed by atoms with E-state index in [0.29, 0.717) is 10.6 Å². The highest BCUT2D eigenvalue weighted by Gasteiger charge is 2.38. The molecule has 2 aromatic rings. The van der Waals surface area contributed by atoms with E-state index in [0.717, 1.165) is 10.6 Å². The van der Waals surface area contributed by atoms with Crippen molar-refractivity contribution in [1.82, 2.24) is 5.06 Å². The maximum Gasteiger partial charge on any atom is 0.365 e. The van der Waals surface area contributed by atoms with E-state index in [4.69, 9.17) is 4.84 Å². The number of hydroxylamine groups is 2. The molecule has 0 N–H and O–H groups in total. The largest absolute Gasteiger partial charge is 0.365 e. The Morgan fingerprint density at radius 3 is 2.17 bits per heavy atom. The van der Waals surface area contributed by atoms with Crippen molar-refractivity contribution in [2.45, 2.75) is 11.8 Å². The van der Waals surface area contributed by atoms with Gasteiger partial charge < -0.3 is 4.84 Å². The Hall–Kier alpha value is -2.60. The molecule has 0 atom stereocenters. The smallest absolute Gasteiger partial charge is 0.324 e. The summed E-state index contributed by atoms with van der Waals surface area (Å²) in [5, 5.41) is 0.528. The number of hydrogen-bond acceptors (Lipinski definition) is 5.